The van der Waals surface area contributed by atoms with Crippen LogP contribution in [0, 0.1) is 5.92 Å². The van der Waals surface area contributed by atoms with Gasteiger partial charge in [-0.05, 0) is 25.2 Å². The fourth-order valence-electron chi connectivity index (χ4n) is 2.60. The summed E-state index contributed by atoms with van der Waals surface area (Å²) in [7, 11) is 1.64. The van der Waals surface area contributed by atoms with Crippen molar-refractivity contribution in [2.75, 3.05) is 0 Å². The SMILES string of the molecule is CCCc1nc(S(=O)(=O)Cl)cn1CC1CCCC1. The molecule has 0 bridgehead atoms. The predicted octanol–water partition coefficient (Wildman–Crippen LogP) is 2.95. The molecule has 1 saturated carbocycles. The van der Waals surface area contributed by atoms with Gasteiger partial charge in [-0.25, -0.2) is 13.4 Å². The first-order valence-corrected chi connectivity index (χ1v) is 8.82. The lowest BCUT2D eigenvalue weighted by molar-refractivity contribution is 0.446. The Hall–Kier alpha value is -0.550. The van der Waals surface area contributed by atoms with Crippen LogP contribution in [0.5, 0.6) is 0 Å². The zero-order chi connectivity index (χ0) is 13.2. The number of nitrogens with zero attached hydrogens (tertiary/aromatic N) is 2. The van der Waals surface area contributed by atoms with Crippen molar-refractivity contribution in [3.05, 3.63) is 12.0 Å². The van der Waals surface area contributed by atoms with Crippen LogP contribution < -0.4 is 0 Å². The molecule has 0 unspecified atom stereocenters. The molecule has 0 aliphatic heterocycles. The van der Waals surface area contributed by atoms with Crippen molar-refractivity contribution in [2.45, 2.75) is 57.0 Å². The number of aromatic nitrogens is 2. The van der Waals surface area contributed by atoms with E-state index in [4.69, 9.17) is 10.7 Å². The van der Waals surface area contributed by atoms with E-state index in [1.54, 1.807) is 6.20 Å². The van der Waals surface area contributed by atoms with Gasteiger partial charge in [0.25, 0.3) is 9.05 Å². The van der Waals surface area contributed by atoms with Crippen molar-refractivity contribution in [1.29, 1.82) is 0 Å². The summed E-state index contributed by atoms with van der Waals surface area (Å²) < 4.78 is 24.6. The smallest absolute Gasteiger partial charge is 0.280 e. The summed E-state index contributed by atoms with van der Waals surface area (Å²) in [5.41, 5.74) is 0. The summed E-state index contributed by atoms with van der Waals surface area (Å²) in [4.78, 5) is 4.16. The molecular formula is C12H19ClN2O2S. The van der Waals surface area contributed by atoms with E-state index in [0.717, 1.165) is 25.2 Å². The van der Waals surface area contributed by atoms with Gasteiger partial charge in [0, 0.05) is 29.8 Å². The van der Waals surface area contributed by atoms with Gasteiger partial charge >= 0.3 is 0 Å². The highest BCUT2D eigenvalue weighted by atomic mass is 35.7. The average molecular weight is 291 g/mol. The van der Waals surface area contributed by atoms with E-state index in [2.05, 4.69) is 11.9 Å². The van der Waals surface area contributed by atoms with Gasteiger partial charge in [0.15, 0.2) is 5.03 Å². The molecular weight excluding hydrogens is 272 g/mol. The topological polar surface area (TPSA) is 52.0 Å². The van der Waals surface area contributed by atoms with Crippen LogP contribution in [-0.4, -0.2) is 18.0 Å². The van der Waals surface area contributed by atoms with Gasteiger partial charge in [-0.15, -0.1) is 0 Å². The van der Waals surface area contributed by atoms with Gasteiger partial charge in [0.1, 0.15) is 5.82 Å². The number of imidazole rings is 1. The minimum Gasteiger partial charge on any atom is -0.333 e. The van der Waals surface area contributed by atoms with Crippen molar-refractivity contribution >= 4 is 19.7 Å². The molecule has 1 aliphatic carbocycles. The molecule has 1 fully saturated rings. The summed E-state index contributed by atoms with van der Waals surface area (Å²) >= 11 is 0. The molecule has 0 atom stereocenters. The maximum absolute atomic E-state index is 11.3. The highest BCUT2D eigenvalue weighted by molar-refractivity contribution is 8.13. The third-order valence-electron chi connectivity index (χ3n) is 3.49. The second-order valence-electron chi connectivity index (χ2n) is 4.99. The monoisotopic (exact) mass is 290 g/mol. The molecule has 0 aromatic carbocycles. The van der Waals surface area contributed by atoms with Crippen molar-refractivity contribution in [1.82, 2.24) is 9.55 Å². The van der Waals surface area contributed by atoms with Crippen LogP contribution in [0.25, 0.3) is 0 Å². The van der Waals surface area contributed by atoms with E-state index in [-0.39, 0.29) is 5.03 Å². The first kappa shape index (κ1) is 13.9. The number of hydrogen-bond donors (Lipinski definition) is 0. The van der Waals surface area contributed by atoms with Crippen LogP contribution in [0.4, 0.5) is 0 Å². The van der Waals surface area contributed by atoms with Crippen LogP contribution in [0.1, 0.15) is 44.9 Å². The molecule has 18 heavy (non-hydrogen) atoms. The summed E-state index contributed by atoms with van der Waals surface area (Å²) in [6, 6.07) is 0. The van der Waals surface area contributed by atoms with E-state index in [1.165, 1.54) is 25.7 Å². The lowest BCUT2D eigenvalue weighted by Gasteiger charge is -2.12. The van der Waals surface area contributed by atoms with Gasteiger partial charge in [0.2, 0.25) is 0 Å². The first-order chi connectivity index (χ1) is 8.50. The Balaban J connectivity index is 2.23. The number of aryl methyl sites for hydroxylation is 1. The molecule has 1 aliphatic rings. The van der Waals surface area contributed by atoms with E-state index in [9.17, 15) is 8.42 Å². The zero-order valence-corrected chi connectivity index (χ0v) is 12.2. The maximum Gasteiger partial charge on any atom is 0.280 e. The lowest BCUT2D eigenvalue weighted by Crippen LogP contribution is -2.09. The van der Waals surface area contributed by atoms with Gasteiger partial charge < -0.3 is 4.57 Å². The van der Waals surface area contributed by atoms with Gasteiger partial charge in [-0.2, -0.15) is 0 Å². The van der Waals surface area contributed by atoms with Crippen LogP contribution in [0.3, 0.4) is 0 Å². The van der Waals surface area contributed by atoms with Gasteiger partial charge in [-0.1, -0.05) is 19.8 Å². The van der Waals surface area contributed by atoms with Crippen LogP contribution in [-0.2, 0) is 22.0 Å². The minimum absolute atomic E-state index is 0.00869. The maximum atomic E-state index is 11.3. The lowest BCUT2D eigenvalue weighted by atomic mass is 10.1. The molecule has 1 heterocycles. The summed E-state index contributed by atoms with van der Waals surface area (Å²) in [6.07, 6.45) is 8.35. The number of hydrogen-bond acceptors (Lipinski definition) is 3. The Kier molecular flexibility index (Phi) is 4.33. The summed E-state index contributed by atoms with van der Waals surface area (Å²) in [5.74, 6) is 1.49. The summed E-state index contributed by atoms with van der Waals surface area (Å²) in [6.45, 7) is 2.93. The molecule has 0 radical (unpaired) electrons. The molecule has 6 heteroatoms. The second kappa shape index (κ2) is 5.61. The fourth-order valence-corrected chi connectivity index (χ4v) is 3.29. The van der Waals surface area contributed by atoms with E-state index < -0.39 is 9.05 Å². The molecule has 4 nitrogen and oxygen atoms in total. The van der Waals surface area contributed by atoms with Crippen molar-refractivity contribution in [2.24, 2.45) is 5.92 Å². The zero-order valence-electron chi connectivity index (χ0n) is 10.6. The van der Waals surface area contributed by atoms with Crippen LogP contribution in [0.15, 0.2) is 11.2 Å². The molecule has 0 N–H and O–H groups in total. The van der Waals surface area contributed by atoms with Gasteiger partial charge in [0.05, 0.1) is 0 Å². The molecule has 0 saturated heterocycles. The third-order valence-corrected chi connectivity index (χ3v) is 4.66. The Labute approximate surface area is 113 Å². The number of rotatable bonds is 5. The molecule has 1 aromatic heterocycles. The fraction of sp³-hybridized carbons (Fsp3) is 0.750. The van der Waals surface area contributed by atoms with Crippen LogP contribution >= 0.6 is 10.7 Å². The molecule has 0 spiro atoms. The van der Waals surface area contributed by atoms with Crippen molar-refractivity contribution < 1.29 is 8.42 Å². The molecule has 0 amide bonds. The molecule has 2 rings (SSSR count). The van der Waals surface area contributed by atoms with Crippen molar-refractivity contribution in [3.8, 4) is 0 Å². The van der Waals surface area contributed by atoms with Gasteiger partial charge in [-0.3, -0.25) is 0 Å². The Morgan fingerprint density at radius 2 is 2.11 bits per heavy atom. The predicted molar refractivity (Wildman–Crippen MR) is 71.2 cm³/mol. The first-order valence-electron chi connectivity index (χ1n) is 6.51. The average Bonchev–Trinajstić information content (AvgIpc) is 2.89. The quantitative estimate of drug-likeness (QED) is 0.784. The van der Waals surface area contributed by atoms with E-state index in [1.807, 2.05) is 4.57 Å². The Morgan fingerprint density at radius 1 is 1.44 bits per heavy atom. The minimum atomic E-state index is -3.72. The third kappa shape index (κ3) is 3.26. The number of halogens is 1. The van der Waals surface area contributed by atoms with E-state index in [0.29, 0.717) is 5.92 Å². The van der Waals surface area contributed by atoms with E-state index >= 15 is 0 Å². The Bertz CT molecular complexity index is 504. The largest absolute Gasteiger partial charge is 0.333 e. The highest BCUT2D eigenvalue weighted by Crippen LogP contribution is 2.27. The Morgan fingerprint density at radius 3 is 2.67 bits per heavy atom. The highest BCUT2D eigenvalue weighted by Gasteiger charge is 2.21. The van der Waals surface area contributed by atoms with Crippen molar-refractivity contribution in [3.63, 3.8) is 0 Å². The molecule has 102 valence electrons. The molecule has 1 aromatic rings. The second-order valence-corrected chi connectivity index (χ2v) is 7.50. The summed E-state index contributed by atoms with van der Waals surface area (Å²) in [5, 5.41) is -0.00869. The van der Waals surface area contributed by atoms with Crippen LogP contribution in [0.2, 0.25) is 0 Å². The standard InChI is InChI=1S/C12H19ClN2O2S/c1-2-5-11-14-12(18(13,16)17)9-15(11)8-10-6-3-4-7-10/h9-10H,2-8H2,1H3. The normalized spacial score (nSPS) is 17.4.